The Kier molecular flexibility index (Phi) is 7.99. The minimum absolute atomic E-state index is 0.0650. The molecule has 2 bridgehead atoms. The minimum atomic E-state index is -1.36. The summed E-state index contributed by atoms with van der Waals surface area (Å²) in [6.45, 7) is 4.27. The summed E-state index contributed by atoms with van der Waals surface area (Å²) in [6, 6.07) is 8.54. The highest BCUT2D eigenvalue weighted by atomic mass is 16.7. The van der Waals surface area contributed by atoms with Gasteiger partial charge in [-0.3, -0.25) is 14.9 Å². The smallest absolute Gasteiger partial charge is 0.465 e. The third-order valence-corrected chi connectivity index (χ3v) is 8.30. The van der Waals surface area contributed by atoms with Gasteiger partial charge in [0.1, 0.15) is 6.04 Å². The topological polar surface area (TPSA) is 105 Å². The van der Waals surface area contributed by atoms with Gasteiger partial charge in [-0.1, -0.05) is 43.2 Å². The number of carboxylic acid groups (broad SMARTS) is 1. The molecule has 1 aromatic rings. The van der Waals surface area contributed by atoms with Gasteiger partial charge in [0, 0.05) is 13.0 Å². The Morgan fingerprint density at radius 2 is 1.86 bits per heavy atom. The summed E-state index contributed by atoms with van der Waals surface area (Å²) in [5, 5.41) is 12.5. The number of benzene rings is 1. The largest absolute Gasteiger partial charge is 0.507 e. The Hall–Kier alpha value is -2.61. The predicted octanol–water partition coefficient (Wildman–Crippen LogP) is 3.98. The SMILES string of the molecule is CCOC(=O)[C@@H](CCc1ccccc1)N[C@@H](C)C(=O)N1C[C@]2(CC3CCC2CC3)C[C@H]1OC(=O)O. The maximum absolute atomic E-state index is 13.6. The van der Waals surface area contributed by atoms with Gasteiger partial charge in [-0.2, -0.15) is 0 Å². The van der Waals surface area contributed by atoms with Gasteiger partial charge in [-0.25, -0.2) is 4.79 Å². The molecular formula is C27H38N2O6. The number of carbonyl (C=O) groups excluding carboxylic acids is 2. The molecule has 5 rings (SSSR count). The number of nitrogens with one attached hydrogen (secondary N) is 1. The summed E-state index contributed by atoms with van der Waals surface area (Å²) < 4.78 is 10.5. The zero-order chi connectivity index (χ0) is 25.0. The summed E-state index contributed by atoms with van der Waals surface area (Å²) in [6.07, 6.45) is 5.35. The van der Waals surface area contributed by atoms with Gasteiger partial charge in [0.2, 0.25) is 5.91 Å². The second-order valence-electron chi connectivity index (χ2n) is 10.5. The Balaban J connectivity index is 1.45. The van der Waals surface area contributed by atoms with E-state index in [4.69, 9.17) is 9.47 Å². The first kappa shape index (κ1) is 25.5. The lowest BCUT2D eigenvalue weighted by atomic mass is 9.55. The van der Waals surface area contributed by atoms with Crippen molar-refractivity contribution in [1.29, 1.82) is 0 Å². The number of ether oxygens (including phenoxy) is 2. The first-order valence-corrected chi connectivity index (χ1v) is 13.0. The van der Waals surface area contributed by atoms with Gasteiger partial charge in [0.05, 0.1) is 12.6 Å². The number of carbonyl (C=O) groups is 3. The van der Waals surface area contributed by atoms with Crippen molar-refractivity contribution >= 4 is 18.0 Å². The maximum Gasteiger partial charge on any atom is 0.507 e. The summed E-state index contributed by atoms with van der Waals surface area (Å²) in [4.78, 5) is 39.3. The van der Waals surface area contributed by atoms with Crippen LogP contribution in [0.5, 0.6) is 0 Å². The van der Waals surface area contributed by atoms with Gasteiger partial charge in [0.15, 0.2) is 6.23 Å². The Morgan fingerprint density at radius 3 is 2.46 bits per heavy atom. The maximum atomic E-state index is 13.6. The second-order valence-corrected chi connectivity index (χ2v) is 10.5. The molecule has 1 spiro atoms. The van der Waals surface area contributed by atoms with Gasteiger partial charge < -0.3 is 19.5 Å². The highest BCUT2D eigenvalue weighted by Gasteiger charge is 2.56. The van der Waals surface area contributed by atoms with Gasteiger partial charge >= 0.3 is 12.1 Å². The fourth-order valence-corrected chi connectivity index (χ4v) is 6.66. The predicted molar refractivity (Wildman–Crippen MR) is 130 cm³/mol. The molecule has 3 saturated carbocycles. The Bertz CT molecular complexity index is 900. The highest BCUT2D eigenvalue weighted by Crippen LogP contribution is 2.58. The van der Waals surface area contributed by atoms with Crippen LogP contribution in [0.15, 0.2) is 30.3 Å². The highest BCUT2D eigenvalue weighted by molar-refractivity contribution is 5.84. The van der Waals surface area contributed by atoms with Gasteiger partial charge in [-0.05, 0) is 68.8 Å². The third-order valence-electron chi connectivity index (χ3n) is 8.30. The summed E-state index contributed by atoms with van der Waals surface area (Å²) in [7, 11) is 0. The number of rotatable bonds is 9. The van der Waals surface area contributed by atoms with E-state index in [1.165, 1.54) is 12.8 Å². The molecule has 192 valence electrons. The lowest BCUT2D eigenvalue weighted by molar-refractivity contribution is -0.147. The van der Waals surface area contributed by atoms with Gasteiger partial charge in [0.25, 0.3) is 0 Å². The standard InChI is InChI=1S/C27H38N2O6/c1-3-34-25(31)22(14-11-19-7-5-4-6-8-19)28-18(2)24(30)29-17-27(16-23(29)35-26(32)33)15-20-9-12-21(27)13-10-20/h4-8,18,20-23,28H,3,9-17H2,1-2H3,(H,32,33)/t18-,20?,21?,22+,23+,27-/m0/s1. The van der Waals surface area contributed by atoms with E-state index in [2.05, 4.69) is 5.32 Å². The first-order valence-electron chi connectivity index (χ1n) is 13.0. The van der Waals surface area contributed by atoms with Crippen molar-refractivity contribution < 1.29 is 29.0 Å². The Morgan fingerprint density at radius 1 is 1.14 bits per heavy atom. The van der Waals surface area contributed by atoms with Crippen LogP contribution in [0.3, 0.4) is 0 Å². The number of nitrogens with zero attached hydrogens (tertiary/aromatic N) is 1. The van der Waals surface area contributed by atoms with Crippen LogP contribution in [0.25, 0.3) is 0 Å². The number of hydrogen-bond donors (Lipinski definition) is 2. The van der Waals surface area contributed by atoms with E-state index in [1.807, 2.05) is 30.3 Å². The molecule has 1 amide bonds. The molecule has 4 atom stereocenters. The van der Waals surface area contributed by atoms with Crippen molar-refractivity contribution in [2.45, 2.75) is 83.5 Å². The van der Waals surface area contributed by atoms with Gasteiger partial charge in [-0.15, -0.1) is 0 Å². The van der Waals surface area contributed by atoms with E-state index in [-0.39, 0.29) is 23.9 Å². The van der Waals surface area contributed by atoms with E-state index in [1.54, 1.807) is 18.7 Å². The van der Waals surface area contributed by atoms with E-state index in [0.29, 0.717) is 37.6 Å². The third kappa shape index (κ3) is 5.80. The molecule has 1 heterocycles. The van der Waals surface area contributed by atoms with E-state index in [0.717, 1.165) is 24.8 Å². The molecule has 4 aliphatic rings. The fourth-order valence-electron chi connectivity index (χ4n) is 6.66. The van der Waals surface area contributed by atoms with Crippen LogP contribution in [0.1, 0.15) is 64.4 Å². The summed E-state index contributed by atoms with van der Waals surface area (Å²) in [5.41, 5.74) is 1.04. The number of amides is 1. The molecule has 0 radical (unpaired) electrons. The molecule has 8 nitrogen and oxygen atoms in total. The number of aryl methyl sites for hydroxylation is 1. The molecule has 2 N–H and O–H groups in total. The minimum Gasteiger partial charge on any atom is -0.465 e. The van der Waals surface area contributed by atoms with Crippen molar-refractivity contribution in [1.82, 2.24) is 10.2 Å². The zero-order valence-corrected chi connectivity index (χ0v) is 20.8. The molecule has 0 aromatic heterocycles. The summed E-state index contributed by atoms with van der Waals surface area (Å²) >= 11 is 0. The average molecular weight is 487 g/mol. The van der Waals surface area contributed by atoms with Crippen molar-refractivity contribution in [2.75, 3.05) is 13.2 Å². The molecular weight excluding hydrogens is 448 g/mol. The molecule has 8 heteroatoms. The van der Waals surface area contributed by atoms with Crippen molar-refractivity contribution in [2.24, 2.45) is 17.3 Å². The Labute approximate surface area is 207 Å². The van der Waals surface area contributed by atoms with Crippen molar-refractivity contribution in [3.05, 3.63) is 35.9 Å². The lowest BCUT2D eigenvalue weighted by Crippen LogP contribution is -2.53. The van der Waals surface area contributed by atoms with E-state index >= 15 is 0 Å². The van der Waals surface area contributed by atoms with Crippen molar-refractivity contribution in [3.63, 3.8) is 0 Å². The van der Waals surface area contributed by atoms with Crippen LogP contribution in [0.4, 0.5) is 4.79 Å². The van der Waals surface area contributed by atoms with Crippen LogP contribution >= 0.6 is 0 Å². The zero-order valence-electron chi connectivity index (χ0n) is 20.8. The molecule has 1 saturated heterocycles. The molecule has 0 unspecified atom stereocenters. The molecule has 1 aromatic carbocycles. The first-order chi connectivity index (χ1) is 16.8. The van der Waals surface area contributed by atoms with Crippen LogP contribution < -0.4 is 5.32 Å². The van der Waals surface area contributed by atoms with Crippen LogP contribution in [-0.4, -0.2) is 59.5 Å². The van der Waals surface area contributed by atoms with Crippen molar-refractivity contribution in [3.8, 4) is 0 Å². The van der Waals surface area contributed by atoms with E-state index < -0.39 is 24.5 Å². The van der Waals surface area contributed by atoms with Crippen LogP contribution in [0, 0.1) is 17.3 Å². The lowest BCUT2D eigenvalue weighted by Gasteiger charge is -2.49. The molecule has 1 aliphatic heterocycles. The molecule has 3 aliphatic carbocycles. The quantitative estimate of drug-likeness (QED) is 0.509. The summed E-state index contributed by atoms with van der Waals surface area (Å²) in [5.74, 6) is 0.543. The van der Waals surface area contributed by atoms with Crippen LogP contribution in [0.2, 0.25) is 0 Å². The second kappa shape index (κ2) is 11.0. The molecule has 35 heavy (non-hydrogen) atoms. The van der Waals surface area contributed by atoms with Crippen LogP contribution in [-0.2, 0) is 25.5 Å². The number of fused-ring (bicyclic) bond motifs is 2. The number of likely N-dealkylation sites (tertiary alicyclic amines) is 1. The average Bonchev–Trinajstić information content (AvgIpc) is 3.18. The monoisotopic (exact) mass is 486 g/mol. The number of esters is 1. The molecule has 4 fully saturated rings. The fraction of sp³-hybridized carbons (Fsp3) is 0.667. The normalized spacial score (nSPS) is 29.1. The number of hydrogen-bond acceptors (Lipinski definition) is 6. The van der Waals surface area contributed by atoms with E-state index in [9.17, 15) is 19.5 Å².